The van der Waals surface area contributed by atoms with E-state index in [0.717, 1.165) is 24.1 Å². The lowest BCUT2D eigenvalue weighted by atomic mass is 9.85. The van der Waals surface area contributed by atoms with Crippen LogP contribution in [0.15, 0.2) is 52.8 Å². The molecule has 2 heterocycles. The largest absolute Gasteiger partial charge is 0.387 e. The molecule has 0 bridgehead atoms. The highest BCUT2D eigenvalue weighted by atomic mass is 16.5. The third-order valence-electron chi connectivity index (χ3n) is 4.73. The van der Waals surface area contributed by atoms with Crippen LogP contribution in [0.5, 0.6) is 0 Å². The molecule has 4 N–H and O–H groups in total. The van der Waals surface area contributed by atoms with Crippen molar-refractivity contribution in [3.63, 3.8) is 0 Å². The van der Waals surface area contributed by atoms with Crippen LogP contribution < -0.4 is 16.3 Å². The van der Waals surface area contributed by atoms with Gasteiger partial charge < -0.3 is 20.4 Å². The molecule has 1 aliphatic carbocycles. The van der Waals surface area contributed by atoms with Crippen molar-refractivity contribution < 1.29 is 14.4 Å². The first-order chi connectivity index (χ1) is 12.6. The lowest BCUT2D eigenvalue weighted by Crippen LogP contribution is -2.57. The molecule has 0 unspecified atom stereocenters. The Morgan fingerprint density at radius 3 is 2.88 bits per heavy atom. The van der Waals surface area contributed by atoms with E-state index in [1.807, 2.05) is 35.3 Å². The normalized spacial score (nSPS) is 23.0. The van der Waals surface area contributed by atoms with Crippen molar-refractivity contribution in [2.75, 3.05) is 0 Å². The van der Waals surface area contributed by atoms with E-state index < -0.39 is 6.10 Å². The van der Waals surface area contributed by atoms with Gasteiger partial charge in [-0.05, 0) is 19.8 Å². The molecule has 26 heavy (non-hydrogen) atoms. The third kappa shape index (κ3) is 3.16. The summed E-state index contributed by atoms with van der Waals surface area (Å²) < 4.78 is 5.28. The van der Waals surface area contributed by atoms with Crippen LogP contribution in [0.4, 0.5) is 0 Å². The van der Waals surface area contributed by atoms with Gasteiger partial charge in [0.05, 0.1) is 17.8 Å². The van der Waals surface area contributed by atoms with Crippen molar-refractivity contribution >= 4 is 5.91 Å². The van der Waals surface area contributed by atoms with E-state index in [9.17, 15) is 9.90 Å². The number of carbonyl (C=O) groups excluding carboxylic acids is 1. The molecule has 1 amide bonds. The number of benzene rings is 1. The van der Waals surface area contributed by atoms with Gasteiger partial charge >= 0.3 is 0 Å². The summed E-state index contributed by atoms with van der Waals surface area (Å²) in [4.78, 5) is 12.4. The second-order valence-corrected chi connectivity index (χ2v) is 6.61. The van der Waals surface area contributed by atoms with Crippen molar-refractivity contribution in [3.05, 3.63) is 54.0 Å². The van der Waals surface area contributed by atoms with E-state index in [0.29, 0.717) is 5.76 Å². The molecule has 1 saturated carbocycles. The van der Waals surface area contributed by atoms with Gasteiger partial charge in [0.1, 0.15) is 0 Å². The Balaban J connectivity index is 1.32. The van der Waals surface area contributed by atoms with Crippen LogP contribution in [0.1, 0.15) is 30.3 Å². The Morgan fingerprint density at radius 2 is 2.15 bits per heavy atom. The number of aliphatic hydroxyl groups is 1. The number of hydrogen-bond donors (Lipinski definition) is 4. The average Bonchev–Trinajstić information content (AvgIpc) is 3.27. The van der Waals surface area contributed by atoms with Crippen molar-refractivity contribution in [2.45, 2.75) is 38.0 Å². The summed E-state index contributed by atoms with van der Waals surface area (Å²) in [5.41, 5.74) is 7.86. The zero-order valence-corrected chi connectivity index (χ0v) is 14.3. The van der Waals surface area contributed by atoms with Gasteiger partial charge in [-0.15, -0.1) is 5.53 Å². The number of rotatable bonds is 5. The van der Waals surface area contributed by atoms with Crippen LogP contribution in [0, 0.1) is 0 Å². The number of hydrazine groups is 2. The summed E-state index contributed by atoms with van der Waals surface area (Å²) in [6.07, 6.45) is 2.76. The summed E-state index contributed by atoms with van der Waals surface area (Å²) >= 11 is 0. The summed E-state index contributed by atoms with van der Waals surface area (Å²) in [7, 11) is 0. The van der Waals surface area contributed by atoms with Gasteiger partial charge in [-0.3, -0.25) is 9.80 Å². The number of hydrogen-bond acceptors (Lipinski definition) is 7. The van der Waals surface area contributed by atoms with Gasteiger partial charge in [0, 0.05) is 23.9 Å². The molecule has 1 aliphatic heterocycles. The van der Waals surface area contributed by atoms with Crippen LogP contribution in [-0.4, -0.2) is 39.4 Å². The van der Waals surface area contributed by atoms with Crippen molar-refractivity contribution in [1.29, 1.82) is 0 Å². The lowest BCUT2D eigenvalue weighted by Gasteiger charge is -2.42. The van der Waals surface area contributed by atoms with Crippen molar-refractivity contribution in [2.24, 2.45) is 0 Å². The Morgan fingerprint density at radius 1 is 1.38 bits per heavy atom. The standard InChI is InChI=1S/C18H21N5O3/c1-11(24)16-10-19-22-23(16)14-7-13(8-14)20-18(25)15-9-17(26-21-15)12-5-3-2-4-6-12/h2-6,9-11,13-14,19,22,24H,7-8H2,1H3,(H,20,25)/t11-,13-,14+/m0/s1. The maximum absolute atomic E-state index is 12.4. The first-order valence-corrected chi connectivity index (χ1v) is 8.63. The summed E-state index contributed by atoms with van der Waals surface area (Å²) in [5, 5.41) is 18.5. The van der Waals surface area contributed by atoms with Crippen LogP contribution >= 0.6 is 0 Å². The molecule has 1 aromatic carbocycles. The van der Waals surface area contributed by atoms with E-state index in [2.05, 4.69) is 21.4 Å². The number of nitrogens with one attached hydrogen (secondary N) is 3. The number of nitrogens with zero attached hydrogens (tertiary/aromatic N) is 2. The summed E-state index contributed by atoms with van der Waals surface area (Å²) in [5.74, 6) is 0.333. The number of amides is 1. The van der Waals surface area contributed by atoms with Gasteiger partial charge in [0.2, 0.25) is 0 Å². The molecule has 1 fully saturated rings. The Labute approximate surface area is 150 Å². The maximum Gasteiger partial charge on any atom is 0.273 e. The zero-order valence-electron chi connectivity index (χ0n) is 14.3. The highest BCUT2D eigenvalue weighted by molar-refractivity contribution is 5.93. The van der Waals surface area contributed by atoms with Crippen molar-refractivity contribution in [1.82, 2.24) is 26.4 Å². The highest BCUT2D eigenvalue weighted by Crippen LogP contribution is 2.29. The van der Waals surface area contributed by atoms with Crippen LogP contribution in [0.3, 0.4) is 0 Å². The van der Waals surface area contributed by atoms with E-state index in [4.69, 9.17) is 4.52 Å². The predicted octanol–water partition coefficient (Wildman–Crippen LogP) is 1.15. The monoisotopic (exact) mass is 355 g/mol. The van der Waals surface area contributed by atoms with Crippen LogP contribution in [0.25, 0.3) is 11.3 Å². The summed E-state index contributed by atoms with van der Waals surface area (Å²) in [6.45, 7) is 1.72. The van der Waals surface area contributed by atoms with Gasteiger partial charge in [-0.1, -0.05) is 35.5 Å². The minimum atomic E-state index is -0.558. The number of aromatic nitrogens is 1. The molecular formula is C18H21N5O3. The summed E-state index contributed by atoms with van der Waals surface area (Å²) in [6, 6.07) is 11.5. The van der Waals surface area contributed by atoms with Crippen molar-refractivity contribution in [3.8, 4) is 11.3 Å². The fourth-order valence-electron chi connectivity index (χ4n) is 3.23. The Bertz CT molecular complexity index is 811. The molecular weight excluding hydrogens is 334 g/mol. The molecule has 4 rings (SSSR count). The number of aliphatic hydroxyl groups excluding tert-OH is 1. The van der Waals surface area contributed by atoms with Gasteiger partial charge in [0.15, 0.2) is 11.5 Å². The average molecular weight is 355 g/mol. The number of carbonyl (C=O) groups is 1. The van der Waals surface area contributed by atoms with Crippen LogP contribution in [0.2, 0.25) is 0 Å². The molecule has 0 saturated heterocycles. The molecule has 8 heteroatoms. The second kappa shape index (κ2) is 6.81. The Kier molecular flexibility index (Phi) is 4.36. The minimum absolute atomic E-state index is 0.0713. The van der Waals surface area contributed by atoms with Gasteiger partial charge in [-0.25, -0.2) is 0 Å². The molecule has 0 radical (unpaired) electrons. The minimum Gasteiger partial charge on any atom is -0.387 e. The van der Waals surface area contributed by atoms with Gasteiger partial charge in [-0.2, -0.15) is 0 Å². The van der Waals surface area contributed by atoms with Crippen LogP contribution in [-0.2, 0) is 0 Å². The quantitative estimate of drug-likeness (QED) is 0.638. The predicted molar refractivity (Wildman–Crippen MR) is 94.1 cm³/mol. The molecule has 1 atom stereocenters. The van der Waals surface area contributed by atoms with E-state index in [1.54, 1.807) is 19.2 Å². The van der Waals surface area contributed by atoms with E-state index >= 15 is 0 Å². The topological polar surface area (TPSA) is 103 Å². The first-order valence-electron chi connectivity index (χ1n) is 8.63. The Hall–Kier alpha value is -2.84. The van der Waals surface area contributed by atoms with Gasteiger partial charge in [0.25, 0.3) is 5.91 Å². The SMILES string of the molecule is C[C@H](O)C1=CNNN1[C@H]1C[C@@H](NC(=O)c2cc(-c3ccccc3)on2)C1. The smallest absolute Gasteiger partial charge is 0.273 e. The zero-order chi connectivity index (χ0) is 18.1. The first kappa shape index (κ1) is 16.6. The fourth-order valence-corrected chi connectivity index (χ4v) is 3.23. The second-order valence-electron chi connectivity index (χ2n) is 6.61. The molecule has 8 nitrogen and oxygen atoms in total. The lowest BCUT2D eigenvalue weighted by molar-refractivity contribution is 0.0545. The molecule has 0 spiro atoms. The van der Waals surface area contributed by atoms with E-state index in [1.165, 1.54) is 0 Å². The molecule has 2 aromatic rings. The third-order valence-corrected chi connectivity index (χ3v) is 4.73. The highest BCUT2D eigenvalue weighted by Gasteiger charge is 2.38. The maximum atomic E-state index is 12.4. The molecule has 1 aromatic heterocycles. The fraction of sp³-hybridized carbons (Fsp3) is 0.333. The van der Waals surface area contributed by atoms with E-state index in [-0.39, 0.29) is 23.7 Å². The molecule has 136 valence electrons. The molecule has 2 aliphatic rings.